The van der Waals surface area contributed by atoms with Crippen molar-refractivity contribution in [1.29, 1.82) is 0 Å². The number of urea groups is 1. The highest BCUT2D eigenvalue weighted by atomic mass is 16.2. The highest BCUT2D eigenvalue weighted by molar-refractivity contribution is 5.75. The minimum atomic E-state index is 0.169. The van der Waals surface area contributed by atoms with Crippen molar-refractivity contribution >= 4 is 11.8 Å². The van der Waals surface area contributed by atoms with Crippen LogP contribution in [0.2, 0.25) is 0 Å². The molecule has 3 aliphatic rings. The summed E-state index contributed by atoms with van der Waals surface area (Å²) in [5.41, 5.74) is 1.05. The maximum Gasteiger partial charge on any atom is 0.317 e. The lowest BCUT2D eigenvalue weighted by Gasteiger charge is -2.37. The molecule has 1 aliphatic carbocycles. The van der Waals surface area contributed by atoms with Crippen LogP contribution in [-0.2, 0) is 7.05 Å². The summed E-state index contributed by atoms with van der Waals surface area (Å²) >= 11 is 0. The fraction of sp³-hybridized carbons (Fsp3) is 0.789. The van der Waals surface area contributed by atoms with E-state index in [0.717, 1.165) is 49.9 Å². The zero-order valence-electron chi connectivity index (χ0n) is 15.6. The second kappa shape index (κ2) is 6.89. The maximum absolute atomic E-state index is 12.9. The Hall–Kier alpha value is -1.72. The highest BCUT2D eigenvalue weighted by Crippen LogP contribution is 2.36. The zero-order valence-corrected chi connectivity index (χ0v) is 15.6. The van der Waals surface area contributed by atoms with E-state index in [0.29, 0.717) is 6.04 Å². The van der Waals surface area contributed by atoms with Gasteiger partial charge in [-0.05, 0) is 44.9 Å². The molecule has 2 amide bonds. The fourth-order valence-corrected chi connectivity index (χ4v) is 5.11. The van der Waals surface area contributed by atoms with Crippen LogP contribution in [0.5, 0.6) is 0 Å². The van der Waals surface area contributed by atoms with Gasteiger partial charge in [-0.15, -0.1) is 0 Å². The summed E-state index contributed by atoms with van der Waals surface area (Å²) in [6.07, 6.45) is 8.51. The monoisotopic (exact) mass is 345 g/mol. The first-order chi connectivity index (χ1) is 12.1. The quantitative estimate of drug-likeness (QED) is 0.896. The average Bonchev–Trinajstić information content (AvgIpc) is 3.18. The van der Waals surface area contributed by atoms with Crippen molar-refractivity contribution in [2.75, 3.05) is 24.5 Å². The standard InChI is InChI=1S/C19H31N5O/c1-14-12-18(22(2)21-14)23-10-5-7-16(13-23)20-19(25)24-11-9-15-6-3-4-8-17(15)24/h12,15-17H,3-11,13H2,1-2H3,(H,20,25)/t15-,16+,17-/m1/s1. The molecule has 2 saturated heterocycles. The van der Waals surface area contributed by atoms with Gasteiger partial charge in [0.05, 0.1) is 5.69 Å². The molecule has 3 atom stereocenters. The zero-order chi connectivity index (χ0) is 17.4. The molecule has 2 aliphatic heterocycles. The van der Waals surface area contributed by atoms with E-state index in [2.05, 4.69) is 26.3 Å². The SMILES string of the molecule is Cc1cc(N2CCC[C@H](NC(=O)N3CC[C@H]4CCCC[C@H]43)C2)n(C)n1. The molecule has 6 heteroatoms. The van der Waals surface area contributed by atoms with Gasteiger partial charge in [0.1, 0.15) is 5.82 Å². The number of fused-ring (bicyclic) bond motifs is 1. The Kier molecular flexibility index (Phi) is 4.61. The normalized spacial score (nSPS) is 29.6. The summed E-state index contributed by atoms with van der Waals surface area (Å²) < 4.78 is 1.95. The van der Waals surface area contributed by atoms with E-state index in [1.807, 2.05) is 18.7 Å². The molecule has 0 radical (unpaired) electrons. The first kappa shape index (κ1) is 16.7. The Morgan fingerprint density at radius 1 is 1.16 bits per heavy atom. The van der Waals surface area contributed by atoms with E-state index in [1.165, 1.54) is 32.1 Å². The molecule has 1 saturated carbocycles. The summed E-state index contributed by atoms with van der Waals surface area (Å²) in [5, 5.41) is 7.80. The molecule has 4 rings (SSSR count). The Morgan fingerprint density at radius 2 is 2.00 bits per heavy atom. The minimum absolute atomic E-state index is 0.169. The third-order valence-corrected chi connectivity index (χ3v) is 6.32. The number of likely N-dealkylation sites (tertiary alicyclic amines) is 1. The minimum Gasteiger partial charge on any atom is -0.355 e. The molecule has 0 bridgehead atoms. The van der Waals surface area contributed by atoms with Crippen LogP contribution >= 0.6 is 0 Å². The third-order valence-electron chi connectivity index (χ3n) is 6.32. The topological polar surface area (TPSA) is 53.4 Å². The molecule has 1 aromatic heterocycles. The van der Waals surface area contributed by atoms with Crippen LogP contribution in [0, 0.1) is 12.8 Å². The van der Waals surface area contributed by atoms with Gasteiger partial charge >= 0.3 is 6.03 Å². The lowest BCUT2D eigenvalue weighted by atomic mass is 9.85. The van der Waals surface area contributed by atoms with Gasteiger partial charge in [-0.2, -0.15) is 5.10 Å². The Morgan fingerprint density at radius 3 is 2.80 bits per heavy atom. The van der Waals surface area contributed by atoms with Crippen molar-refractivity contribution in [3.8, 4) is 0 Å². The third kappa shape index (κ3) is 3.35. The van der Waals surface area contributed by atoms with Crippen LogP contribution in [0.25, 0.3) is 0 Å². The van der Waals surface area contributed by atoms with Crippen LogP contribution in [0.3, 0.4) is 0 Å². The number of piperidine rings is 1. The number of rotatable bonds is 2. The van der Waals surface area contributed by atoms with Gasteiger partial charge in [-0.25, -0.2) is 4.79 Å². The number of hydrogen-bond donors (Lipinski definition) is 1. The van der Waals surface area contributed by atoms with Gasteiger partial charge in [-0.1, -0.05) is 12.8 Å². The van der Waals surface area contributed by atoms with E-state index in [9.17, 15) is 4.79 Å². The molecule has 6 nitrogen and oxygen atoms in total. The number of hydrogen-bond acceptors (Lipinski definition) is 3. The Bertz CT molecular complexity index is 627. The molecule has 138 valence electrons. The molecule has 1 aromatic rings. The van der Waals surface area contributed by atoms with Crippen molar-refractivity contribution < 1.29 is 4.79 Å². The molecule has 3 fully saturated rings. The molecular weight excluding hydrogens is 314 g/mol. The fourth-order valence-electron chi connectivity index (χ4n) is 5.11. The van der Waals surface area contributed by atoms with Gasteiger partial charge in [0.25, 0.3) is 0 Å². The number of aryl methyl sites for hydroxylation is 2. The van der Waals surface area contributed by atoms with E-state index in [-0.39, 0.29) is 12.1 Å². The van der Waals surface area contributed by atoms with Gasteiger partial charge in [0, 0.05) is 44.8 Å². The number of nitrogens with one attached hydrogen (secondary N) is 1. The lowest BCUT2D eigenvalue weighted by molar-refractivity contribution is 0.165. The molecule has 25 heavy (non-hydrogen) atoms. The van der Waals surface area contributed by atoms with E-state index in [1.54, 1.807) is 0 Å². The van der Waals surface area contributed by atoms with Gasteiger partial charge in [0.15, 0.2) is 0 Å². The van der Waals surface area contributed by atoms with Crippen molar-refractivity contribution in [3.05, 3.63) is 11.8 Å². The molecular formula is C19H31N5O. The van der Waals surface area contributed by atoms with Crippen LogP contribution in [0.4, 0.5) is 10.6 Å². The van der Waals surface area contributed by atoms with Gasteiger partial charge in [0.2, 0.25) is 0 Å². The molecule has 3 heterocycles. The van der Waals surface area contributed by atoms with Crippen LogP contribution in [0.15, 0.2) is 6.07 Å². The number of anilines is 1. The molecule has 1 N–H and O–H groups in total. The van der Waals surface area contributed by atoms with Crippen molar-refractivity contribution in [2.45, 2.75) is 64.0 Å². The Labute approximate surface area is 150 Å². The van der Waals surface area contributed by atoms with E-state index < -0.39 is 0 Å². The van der Waals surface area contributed by atoms with Gasteiger partial charge < -0.3 is 15.1 Å². The van der Waals surface area contributed by atoms with Crippen LogP contribution < -0.4 is 10.2 Å². The molecule has 0 unspecified atom stereocenters. The van der Waals surface area contributed by atoms with Crippen molar-refractivity contribution in [3.63, 3.8) is 0 Å². The molecule has 0 spiro atoms. The average molecular weight is 345 g/mol. The molecule has 0 aromatic carbocycles. The van der Waals surface area contributed by atoms with Crippen LogP contribution in [0.1, 0.15) is 50.6 Å². The Balaban J connectivity index is 1.37. The summed E-state index contributed by atoms with van der Waals surface area (Å²) in [7, 11) is 2.00. The second-order valence-electron chi connectivity index (χ2n) is 8.10. The van der Waals surface area contributed by atoms with E-state index in [4.69, 9.17) is 0 Å². The summed E-state index contributed by atoms with van der Waals surface area (Å²) in [5.74, 6) is 1.91. The highest BCUT2D eigenvalue weighted by Gasteiger charge is 2.38. The summed E-state index contributed by atoms with van der Waals surface area (Å²) in [6, 6.07) is 3.03. The summed E-state index contributed by atoms with van der Waals surface area (Å²) in [6.45, 7) is 4.89. The first-order valence-corrected chi connectivity index (χ1v) is 9.94. The largest absolute Gasteiger partial charge is 0.355 e. The second-order valence-corrected chi connectivity index (χ2v) is 8.10. The van der Waals surface area contributed by atoms with E-state index >= 15 is 0 Å². The van der Waals surface area contributed by atoms with Crippen molar-refractivity contribution in [1.82, 2.24) is 20.0 Å². The number of aromatic nitrogens is 2. The van der Waals surface area contributed by atoms with Gasteiger partial charge in [-0.3, -0.25) is 4.68 Å². The predicted octanol–water partition coefficient (Wildman–Crippen LogP) is 2.67. The number of nitrogens with zero attached hydrogens (tertiary/aromatic N) is 4. The maximum atomic E-state index is 12.9. The first-order valence-electron chi connectivity index (χ1n) is 9.94. The smallest absolute Gasteiger partial charge is 0.317 e. The number of carbonyl (C=O) groups excluding carboxylic acids is 1. The lowest BCUT2D eigenvalue weighted by Crippen LogP contribution is -2.53. The number of carbonyl (C=O) groups is 1. The predicted molar refractivity (Wildman–Crippen MR) is 98.8 cm³/mol. The van der Waals surface area contributed by atoms with Crippen molar-refractivity contribution in [2.24, 2.45) is 13.0 Å². The number of amides is 2. The summed E-state index contributed by atoms with van der Waals surface area (Å²) in [4.78, 5) is 17.4. The van der Waals surface area contributed by atoms with Crippen LogP contribution in [-0.4, -0.2) is 52.4 Å².